The first kappa shape index (κ1) is 14.8. The van der Waals surface area contributed by atoms with Crippen LogP contribution in [0.4, 0.5) is 5.13 Å². The van der Waals surface area contributed by atoms with Gasteiger partial charge in [-0.3, -0.25) is 4.79 Å². The molecule has 6 heteroatoms. The van der Waals surface area contributed by atoms with Gasteiger partial charge in [-0.05, 0) is 25.5 Å². The second-order valence-electron chi connectivity index (χ2n) is 4.21. The van der Waals surface area contributed by atoms with Crippen LogP contribution < -0.4 is 10.1 Å². The van der Waals surface area contributed by atoms with Crippen molar-refractivity contribution in [3.05, 3.63) is 40.4 Å². The van der Waals surface area contributed by atoms with E-state index in [0.717, 1.165) is 4.88 Å². The van der Waals surface area contributed by atoms with Gasteiger partial charge in [-0.2, -0.15) is 0 Å². The third-order valence-corrected chi connectivity index (χ3v) is 3.65. The van der Waals surface area contributed by atoms with Crippen LogP contribution in [0.25, 0.3) is 0 Å². The highest BCUT2D eigenvalue weighted by Gasteiger charge is 2.06. The van der Waals surface area contributed by atoms with Crippen molar-refractivity contribution in [2.24, 2.45) is 0 Å². The fourth-order valence-electron chi connectivity index (χ4n) is 1.57. The molecule has 2 aromatic rings. The second-order valence-corrected chi connectivity index (χ2v) is 5.85. The quantitative estimate of drug-likeness (QED) is 0.823. The van der Waals surface area contributed by atoms with Crippen molar-refractivity contribution in [3.8, 4) is 5.75 Å². The Morgan fingerprint density at radius 1 is 1.45 bits per heavy atom. The Bertz CT molecular complexity index is 586. The zero-order valence-corrected chi connectivity index (χ0v) is 12.6. The third-order valence-electron chi connectivity index (χ3n) is 2.51. The predicted octanol–water partition coefficient (Wildman–Crippen LogP) is 3.90. The lowest BCUT2D eigenvalue weighted by atomic mass is 10.3. The van der Waals surface area contributed by atoms with E-state index in [0.29, 0.717) is 35.4 Å². The van der Waals surface area contributed by atoms with Crippen LogP contribution in [-0.4, -0.2) is 17.5 Å². The average Bonchev–Trinajstić information content (AvgIpc) is 2.82. The van der Waals surface area contributed by atoms with Gasteiger partial charge < -0.3 is 10.1 Å². The molecule has 0 aliphatic heterocycles. The zero-order valence-electron chi connectivity index (χ0n) is 11.1. The Hall–Kier alpha value is -1.59. The summed E-state index contributed by atoms with van der Waals surface area (Å²) in [6.07, 6.45) is 2.76. The van der Waals surface area contributed by atoms with Crippen molar-refractivity contribution in [2.45, 2.75) is 19.8 Å². The summed E-state index contributed by atoms with van der Waals surface area (Å²) in [7, 11) is 0. The standard InChI is InChI=1S/C14H15ClN2O2S/c1-10-9-16-14(20-10)17-13(18)7-4-8-19-12-6-3-2-5-11(12)15/h2-3,5-6,9H,4,7-8H2,1H3,(H,16,17,18). The molecule has 0 aliphatic carbocycles. The lowest BCUT2D eigenvalue weighted by Crippen LogP contribution is -2.12. The Kier molecular flexibility index (Phi) is 5.38. The van der Waals surface area contributed by atoms with Gasteiger partial charge in [-0.1, -0.05) is 23.7 Å². The van der Waals surface area contributed by atoms with Crippen LogP contribution in [0.3, 0.4) is 0 Å². The molecule has 0 unspecified atom stereocenters. The SMILES string of the molecule is Cc1cnc(NC(=O)CCCOc2ccccc2Cl)s1. The molecule has 0 fully saturated rings. The third kappa shape index (κ3) is 4.51. The molecular weight excluding hydrogens is 296 g/mol. The lowest BCUT2D eigenvalue weighted by molar-refractivity contribution is -0.116. The van der Waals surface area contributed by atoms with Gasteiger partial charge in [-0.25, -0.2) is 4.98 Å². The average molecular weight is 311 g/mol. The molecule has 106 valence electrons. The van der Waals surface area contributed by atoms with Gasteiger partial charge >= 0.3 is 0 Å². The molecule has 1 heterocycles. The molecule has 2 rings (SSSR count). The summed E-state index contributed by atoms with van der Waals surface area (Å²) in [5.74, 6) is 0.590. The molecular formula is C14H15ClN2O2S. The number of aryl methyl sites for hydroxylation is 1. The summed E-state index contributed by atoms with van der Waals surface area (Å²) in [5, 5.41) is 3.98. The number of halogens is 1. The molecule has 0 saturated heterocycles. The first-order valence-corrected chi connectivity index (χ1v) is 7.44. The number of rotatable bonds is 6. The van der Waals surface area contributed by atoms with E-state index in [1.165, 1.54) is 11.3 Å². The number of amides is 1. The van der Waals surface area contributed by atoms with Crippen LogP contribution in [0.5, 0.6) is 5.75 Å². The van der Waals surface area contributed by atoms with Gasteiger partial charge in [0.05, 0.1) is 11.6 Å². The molecule has 0 atom stereocenters. The van der Waals surface area contributed by atoms with Gasteiger partial charge in [-0.15, -0.1) is 11.3 Å². The maximum absolute atomic E-state index is 11.7. The number of para-hydroxylation sites is 1. The van der Waals surface area contributed by atoms with Gasteiger partial charge in [0.25, 0.3) is 0 Å². The number of hydrogen-bond donors (Lipinski definition) is 1. The number of thiazole rings is 1. The Balaban J connectivity index is 1.68. The fourth-order valence-corrected chi connectivity index (χ4v) is 2.44. The van der Waals surface area contributed by atoms with E-state index in [1.54, 1.807) is 18.3 Å². The molecule has 0 aliphatic rings. The van der Waals surface area contributed by atoms with E-state index in [1.807, 2.05) is 19.1 Å². The highest BCUT2D eigenvalue weighted by molar-refractivity contribution is 7.15. The minimum atomic E-state index is -0.0536. The van der Waals surface area contributed by atoms with Crippen molar-refractivity contribution in [3.63, 3.8) is 0 Å². The Labute approximate surface area is 126 Å². The monoisotopic (exact) mass is 310 g/mol. The van der Waals surface area contributed by atoms with Crippen LogP contribution >= 0.6 is 22.9 Å². The maximum Gasteiger partial charge on any atom is 0.226 e. The minimum Gasteiger partial charge on any atom is -0.492 e. The Morgan fingerprint density at radius 2 is 2.25 bits per heavy atom. The van der Waals surface area contributed by atoms with Crippen molar-refractivity contribution >= 4 is 34.0 Å². The number of anilines is 1. The first-order chi connectivity index (χ1) is 9.65. The van der Waals surface area contributed by atoms with Crippen molar-refractivity contribution in [1.82, 2.24) is 4.98 Å². The number of hydrogen-bond acceptors (Lipinski definition) is 4. The van der Waals surface area contributed by atoms with Crippen molar-refractivity contribution in [1.29, 1.82) is 0 Å². The number of carbonyl (C=O) groups excluding carboxylic acids is 1. The highest BCUT2D eigenvalue weighted by Crippen LogP contribution is 2.23. The summed E-state index contributed by atoms with van der Waals surface area (Å²) in [5.41, 5.74) is 0. The van der Waals surface area contributed by atoms with Crippen LogP contribution in [-0.2, 0) is 4.79 Å². The van der Waals surface area contributed by atoms with Crippen LogP contribution in [0.15, 0.2) is 30.5 Å². The van der Waals surface area contributed by atoms with E-state index in [9.17, 15) is 4.79 Å². The van der Waals surface area contributed by atoms with Crippen molar-refractivity contribution in [2.75, 3.05) is 11.9 Å². The molecule has 0 radical (unpaired) electrons. The molecule has 0 bridgehead atoms. The van der Waals surface area contributed by atoms with E-state index < -0.39 is 0 Å². The van der Waals surface area contributed by atoms with E-state index in [4.69, 9.17) is 16.3 Å². The minimum absolute atomic E-state index is 0.0536. The van der Waals surface area contributed by atoms with Gasteiger partial charge in [0.2, 0.25) is 5.91 Å². The van der Waals surface area contributed by atoms with Crippen molar-refractivity contribution < 1.29 is 9.53 Å². The number of carbonyl (C=O) groups is 1. The lowest BCUT2D eigenvalue weighted by Gasteiger charge is -2.07. The fraction of sp³-hybridized carbons (Fsp3) is 0.286. The topological polar surface area (TPSA) is 51.2 Å². The Morgan fingerprint density at radius 3 is 2.95 bits per heavy atom. The van der Waals surface area contributed by atoms with E-state index in [-0.39, 0.29) is 5.91 Å². The first-order valence-electron chi connectivity index (χ1n) is 6.25. The summed E-state index contributed by atoms with van der Waals surface area (Å²) in [6.45, 7) is 2.40. The number of nitrogens with one attached hydrogen (secondary N) is 1. The number of benzene rings is 1. The van der Waals surface area contributed by atoms with E-state index >= 15 is 0 Å². The predicted molar refractivity (Wildman–Crippen MR) is 81.7 cm³/mol. The smallest absolute Gasteiger partial charge is 0.226 e. The molecule has 1 amide bonds. The maximum atomic E-state index is 11.7. The van der Waals surface area contributed by atoms with E-state index in [2.05, 4.69) is 10.3 Å². The number of ether oxygens (including phenoxy) is 1. The number of nitrogens with zero attached hydrogens (tertiary/aromatic N) is 1. The van der Waals surface area contributed by atoms with Crippen LogP contribution in [0, 0.1) is 6.92 Å². The molecule has 20 heavy (non-hydrogen) atoms. The van der Waals surface area contributed by atoms with Gasteiger partial charge in [0, 0.05) is 17.5 Å². The zero-order chi connectivity index (χ0) is 14.4. The molecule has 1 aromatic heterocycles. The molecule has 4 nitrogen and oxygen atoms in total. The largest absolute Gasteiger partial charge is 0.492 e. The molecule has 1 aromatic carbocycles. The normalized spacial score (nSPS) is 10.3. The summed E-state index contributed by atoms with van der Waals surface area (Å²) in [4.78, 5) is 16.8. The number of aromatic nitrogens is 1. The van der Waals surface area contributed by atoms with Gasteiger partial charge in [0.15, 0.2) is 5.13 Å². The molecule has 0 spiro atoms. The van der Waals surface area contributed by atoms with Crippen LogP contribution in [0.1, 0.15) is 17.7 Å². The summed E-state index contributed by atoms with van der Waals surface area (Å²) >= 11 is 7.43. The summed E-state index contributed by atoms with van der Waals surface area (Å²) in [6, 6.07) is 7.28. The highest BCUT2D eigenvalue weighted by atomic mass is 35.5. The van der Waals surface area contributed by atoms with Gasteiger partial charge in [0.1, 0.15) is 5.75 Å². The summed E-state index contributed by atoms with van der Waals surface area (Å²) < 4.78 is 5.52. The molecule has 0 saturated carbocycles. The van der Waals surface area contributed by atoms with Crippen LogP contribution in [0.2, 0.25) is 5.02 Å². The molecule has 1 N–H and O–H groups in total. The second kappa shape index (κ2) is 7.26.